The zero-order chi connectivity index (χ0) is 14.4. The van der Waals surface area contributed by atoms with Crippen LogP contribution in [0.25, 0.3) is 31.8 Å². The summed E-state index contributed by atoms with van der Waals surface area (Å²) in [5.74, 6) is 0.0387. The second-order valence-corrected chi connectivity index (χ2v) is 5.70. The Morgan fingerprint density at radius 2 is 1.95 bits per heavy atom. The van der Waals surface area contributed by atoms with E-state index in [9.17, 15) is 5.11 Å². The minimum absolute atomic E-state index is 0.00283. The van der Waals surface area contributed by atoms with Gasteiger partial charge in [-0.3, -0.25) is 5.41 Å². The van der Waals surface area contributed by atoms with E-state index in [1.807, 2.05) is 36.4 Å². The van der Waals surface area contributed by atoms with Crippen molar-refractivity contribution in [1.29, 1.82) is 5.41 Å². The predicted molar refractivity (Wildman–Crippen MR) is 82.3 cm³/mol. The fraction of sp³-hybridized carbons (Fsp3) is 0. The maximum Gasteiger partial charge on any atom is 0.222 e. The van der Waals surface area contributed by atoms with Gasteiger partial charge in [-0.05, 0) is 24.3 Å². The summed E-state index contributed by atoms with van der Waals surface area (Å²) < 4.78 is 6.53. The van der Waals surface area contributed by atoms with Gasteiger partial charge in [-0.15, -0.1) is 11.3 Å². The highest BCUT2D eigenvalue weighted by Gasteiger charge is 2.12. The fourth-order valence-electron chi connectivity index (χ4n) is 2.29. The van der Waals surface area contributed by atoms with E-state index in [0.717, 1.165) is 20.6 Å². The van der Waals surface area contributed by atoms with Crippen molar-refractivity contribution in [3.8, 4) is 16.3 Å². The topological polar surface area (TPSA) is 70.1 Å². The van der Waals surface area contributed by atoms with Crippen LogP contribution < -0.4 is 5.55 Å². The Hall–Kier alpha value is -2.66. The third kappa shape index (κ3) is 1.90. The van der Waals surface area contributed by atoms with E-state index in [-0.39, 0.29) is 11.3 Å². The number of para-hydroxylation sites is 2. The van der Waals surface area contributed by atoms with Crippen LogP contribution in [0, 0.1) is 5.41 Å². The SMILES string of the molecule is N=c1oc2c(O)cccc2cc1-c1nc2ccccc2s1. The summed E-state index contributed by atoms with van der Waals surface area (Å²) in [7, 11) is 0. The van der Waals surface area contributed by atoms with E-state index in [2.05, 4.69) is 4.98 Å². The van der Waals surface area contributed by atoms with Crippen molar-refractivity contribution in [3.05, 3.63) is 54.1 Å². The van der Waals surface area contributed by atoms with Crippen molar-refractivity contribution in [1.82, 2.24) is 4.98 Å². The van der Waals surface area contributed by atoms with Gasteiger partial charge in [0.2, 0.25) is 5.55 Å². The monoisotopic (exact) mass is 294 g/mol. The molecule has 21 heavy (non-hydrogen) atoms. The molecule has 0 saturated carbocycles. The average molecular weight is 294 g/mol. The first-order valence-electron chi connectivity index (χ1n) is 6.39. The normalized spacial score (nSPS) is 11.2. The number of fused-ring (bicyclic) bond motifs is 2. The van der Waals surface area contributed by atoms with E-state index >= 15 is 0 Å². The number of hydrogen-bond donors (Lipinski definition) is 2. The van der Waals surface area contributed by atoms with E-state index in [1.54, 1.807) is 12.1 Å². The van der Waals surface area contributed by atoms with Gasteiger partial charge in [0.25, 0.3) is 0 Å². The molecule has 4 rings (SSSR count). The maximum absolute atomic E-state index is 9.78. The van der Waals surface area contributed by atoms with Crippen LogP contribution in [0.5, 0.6) is 5.75 Å². The van der Waals surface area contributed by atoms with Gasteiger partial charge in [-0.25, -0.2) is 4.98 Å². The molecule has 0 fully saturated rings. The zero-order valence-corrected chi connectivity index (χ0v) is 11.6. The summed E-state index contributed by atoms with van der Waals surface area (Å²) in [4.78, 5) is 4.55. The van der Waals surface area contributed by atoms with E-state index in [4.69, 9.17) is 9.83 Å². The molecule has 4 nitrogen and oxygen atoms in total. The number of phenols is 1. The second-order valence-electron chi connectivity index (χ2n) is 4.67. The quantitative estimate of drug-likeness (QED) is 0.559. The van der Waals surface area contributed by atoms with Crippen molar-refractivity contribution < 1.29 is 9.52 Å². The van der Waals surface area contributed by atoms with Crippen molar-refractivity contribution in [2.24, 2.45) is 0 Å². The smallest absolute Gasteiger partial charge is 0.222 e. The standard InChI is InChI=1S/C16H10N2O2S/c17-15-10(8-9-4-3-6-12(19)14(9)20-15)16-18-11-5-1-2-7-13(11)21-16/h1-8,17,19H. The van der Waals surface area contributed by atoms with Gasteiger partial charge < -0.3 is 9.52 Å². The Balaban J connectivity index is 2.01. The molecule has 0 bridgehead atoms. The number of nitrogens with zero attached hydrogens (tertiary/aromatic N) is 1. The number of thiazole rings is 1. The summed E-state index contributed by atoms with van der Waals surface area (Å²) in [6.07, 6.45) is 0. The summed E-state index contributed by atoms with van der Waals surface area (Å²) >= 11 is 1.52. The number of rotatable bonds is 1. The van der Waals surface area contributed by atoms with Gasteiger partial charge in [0.15, 0.2) is 11.3 Å². The Bertz CT molecular complexity index is 1000. The number of benzene rings is 2. The van der Waals surface area contributed by atoms with Crippen LogP contribution in [0.3, 0.4) is 0 Å². The van der Waals surface area contributed by atoms with Crippen LogP contribution in [0.2, 0.25) is 0 Å². The molecular formula is C16H10N2O2S. The van der Waals surface area contributed by atoms with Gasteiger partial charge in [0, 0.05) is 5.39 Å². The lowest BCUT2D eigenvalue weighted by molar-refractivity contribution is 0.452. The van der Waals surface area contributed by atoms with Gasteiger partial charge in [-0.1, -0.05) is 24.3 Å². The highest BCUT2D eigenvalue weighted by molar-refractivity contribution is 7.21. The van der Waals surface area contributed by atoms with Crippen LogP contribution in [0.4, 0.5) is 0 Å². The van der Waals surface area contributed by atoms with Crippen LogP contribution in [0.15, 0.2) is 52.9 Å². The van der Waals surface area contributed by atoms with Crippen LogP contribution in [-0.2, 0) is 0 Å². The Morgan fingerprint density at radius 3 is 2.81 bits per heavy atom. The molecular weight excluding hydrogens is 284 g/mol. The molecule has 102 valence electrons. The summed E-state index contributed by atoms with van der Waals surface area (Å²) in [5.41, 5.74) is 1.87. The second kappa shape index (κ2) is 4.43. The van der Waals surface area contributed by atoms with Crippen LogP contribution >= 0.6 is 11.3 Å². The first-order valence-corrected chi connectivity index (χ1v) is 7.20. The summed E-state index contributed by atoms with van der Waals surface area (Å²) in [6, 6.07) is 14.8. The minimum Gasteiger partial charge on any atom is -0.504 e. The Labute approximate surface area is 123 Å². The van der Waals surface area contributed by atoms with Crippen molar-refractivity contribution in [2.45, 2.75) is 0 Å². The first-order chi connectivity index (χ1) is 10.2. The van der Waals surface area contributed by atoms with Gasteiger partial charge >= 0.3 is 0 Å². The fourth-order valence-corrected chi connectivity index (χ4v) is 3.27. The van der Waals surface area contributed by atoms with E-state index in [1.165, 1.54) is 11.3 Å². The molecule has 0 spiro atoms. The molecule has 2 heterocycles. The molecule has 0 aliphatic heterocycles. The summed E-state index contributed by atoms with van der Waals surface area (Å²) in [5, 5.41) is 19.3. The zero-order valence-electron chi connectivity index (χ0n) is 10.8. The van der Waals surface area contributed by atoms with Crippen LogP contribution in [0.1, 0.15) is 0 Å². The number of aromatic hydroxyl groups is 1. The first kappa shape index (κ1) is 12.1. The Morgan fingerprint density at radius 1 is 1.10 bits per heavy atom. The molecule has 0 saturated heterocycles. The molecule has 4 aromatic rings. The number of phenolic OH excluding ortho intramolecular Hbond substituents is 1. The molecule has 0 amide bonds. The molecule has 0 aliphatic rings. The molecule has 2 aromatic heterocycles. The van der Waals surface area contributed by atoms with Crippen molar-refractivity contribution in [3.63, 3.8) is 0 Å². The number of aromatic nitrogens is 1. The molecule has 5 heteroatoms. The molecule has 0 atom stereocenters. The Kier molecular flexibility index (Phi) is 2.55. The maximum atomic E-state index is 9.78. The third-order valence-corrected chi connectivity index (χ3v) is 4.37. The molecule has 2 aromatic carbocycles. The summed E-state index contributed by atoms with van der Waals surface area (Å²) in [6.45, 7) is 0. The minimum atomic E-state index is 0.00283. The van der Waals surface area contributed by atoms with E-state index in [0.29, 0.717) is 11.1 Å². The van der Waals surface area contributed by atoms with Crippen molar-refractivity contribution >= 4 is 32.5 Å². The number of nitrogens with one attached hydrogen (secondary N) is 1. The van der Waals surface area contributed by atoms with Crippen LogP contribution in [-0.4, -0.2) is 10.1 Å². The highest BCUT2D eigenvalue weighted by Crippen LogP contribution is 2.31. The van der Waals surface area contributed by atoms with Gasteiger partial charge in [-0.2, -0.15) is 0 Å². The van der Waals surface area contributed by atoms with Gasteiger partial charge in [0.1, 0.15) is 5.01 Å². The molecule has 0 unspecified atom stereocenters. The van der Waals surface area contributed by atoms with Crippen molar-refractivity contribution in [2.75, 3.05) is 0 Å². The lowest BCUT2D eigenvalue weighted by atomic mass is 10.2. The highest BCUT2D eigenvalue weighted by atomic mass is 32.1. The van der Waals surface area contributed by atoms with E-state index < -0.39 is 0 Å². The lowest BCUT2D eigenvalue weighted by Gasteiger charge is -2.02. The number of hydrogen-bond acceptors (Lipinski definition) is 5. The van der Waals surface area contributed by atoms with Gasteiger partial charge in [0.05, 0.1) is 15.8 Å². The predicted octanol–water partition coefficient (Wildman–Crippen LogP) is 3.89. The molecule has 0 aliphatic carbocycles. The molecule has 0 radical (unpaired) electrons. The molecule has 2 N–H and O–H groups in total. The lowest BCUT2D eigenvalue weighted by Crippen LogP contribution is -2.02. The average Bonchev–Trinajstić information content (AvgIpc) is 2.91. The third-order valence-electron chi connectivity index (χ3n) is 3.30. The largest absolute Gasteiger partial charge is 0.504 e.